The van der Waals surface area contributed by atoms with E-state index in [4.69, 9.17) is 5.11 Å². The van der Waals surface area contributed by atoms with Gasteiger partial charge in [-0.1, -0.05) is 0 Å². The predicted molar refractivity (Wildman–Crippen MR) is 60.6 cm³/mol. The van der Waals surface area contributed by atoms with Gasteiger partial charge < -0.3 is 14.9 Å². The smallest absolute Gasteiger partial charge is 0.0558 e. The summed E-state index contributed by atoms with van der Waals surface area (Å²) in [4.78, 5) is 6.63. The molecule has 0 saturated heterocycles. The third-order valence-corrected chi connectivity index (χ3v) is 2.14. The molecule has 0 fully saturated rings. The van der Waals surface area contributed by atoms with E-state index in [1.807, 2.05) is 0 Å². The van der Waals surface area contributed by atoms with Crippen molar-refractivity contribution < 1.29 is 5.11 Å². The molecular formula is C10H25N3O. The molecule has 0 amide bonds. The molecule has 86 valence electrons. The molecule has 0 heterocycles. The zero-order chi connectivity index (χ0) is 11.0. The normalized spacial score (nSPS) is 12.0. The Kier molecular flexibility index (Phi) is 8.08. The van der Waals surface area contributed by atoms with Crippen molar-refractivity contribution in [3.63, 3.8) is 0 Å². The van der Waals surface area contributed by atoms with Gasteiger partial charge in [-0.25, -0.2) is 0 Å². The summed E-state index contributed by atoms with van der Waals surface area (Å²) in [5, 5.41) is 8.90. The number of likely N-dealkylation sites (N-methyl/N-ethyl adjacent to an activating group) is 2. The van der Waals surface area contributed by atoms with Crippen molar-refractivity contribution in [2.24, 2.45) is 0 Å². The largest absolute Gasteiger partial charge is 0.395 e. The molecule has 0 bridgehead atoms. The average Bonchev–Trinajstić information content (AvgIpc) is 2.09. The van der Waals surface area contributed by atoms with E-state index >= 15 is 0 Å². The van der Waals surface area contributed by atoms with Gasteiger partial charge in [-0.3, -0.25) is 4.90 Å². The van der Waals surface area contributed by atoms with Crippen molar-refractivity contribution in [2.75, 3.05) is 67.5 Å². The maximum atomic E-state index is 8.90. The van der Waals surface area contributed by atoms with Gasteiger partial charge in [0.05, 0.1) is 6.61 Å². The van der Waals surface area contributed by atoms with Gasteiger partial charge in [0, 0.05) is 32.7 Å². The molecule has 0 radical (unpaired) electrons. The minimum atomic E-state index is 0.251. The van der Waals surface area contributed by atoms with Gasteiger partial charge in [0.15, 0.2) is 0 Å². The highest BCUT2D eigenvalue weighted by Gasteiger charge is 2.04. The Morgan fingerprint density at radius 2 is 1.14 bits per heavy atom. The molecule has 1 N–H and O–H groups in total. The number of hydrogen-bond acceptors (Lipinski definition) is 4. The minimum Gasteiger partial charge on any atom is -0.395 e. The predicted octanol–water partition coefficient (Wildman–Crippen LogP) is -0.596. The zero-order valence-corrected chi connectivity index (χ0v) is 10.0. The standard InChI is InChI=1S/C10H25N3O/c1-11(2)5-7-13(9-10-14)8-6-12(3)4/h14H,5-10H2,1-4H3. The van der Waals surface area contributed by atoms with E-state index < -0.39 is 0 Å². The monoisotopic (exact) mass is 203 g/mol. The number of nitrogens with zero attached hydrogens (tertiary/aromatic N) is 3. The summed E-state index contributed by atoms with van der Waals surface area (Å²) in [6.45, 7) is 5.19. The fraction of sp³-hybridized carbons (Fsp3) is 1.00. The molecule has 14 heavy (non-hydrogen) atoms. The Morgan fingerprint density at radius 1 is 0.714 bits per heavy atom. The molecule has 0 aromatic heterocycles. The SMILES string of the molecule is CN(C)CCN(CCO)CCN(C)C. The van der Waals surface area contributed by atoms with Gasteiger partial charge in [-0.15, -0.1) is 0 Å². The molecule has 0 aliphatic rings. The summed E-state index contributed by atoms with van der Waals surface area (Å²) in [7, 11) is 8.29. The third-order valence-electron chi connectivity index (χ3n) is 2.14. The first-order valence-corrected chi connectivity index (χ1v) is 5.19. The molecule has 0 unspecified atom stereocenters. The summed E-state index contributed by atoms with van der Waals surface area (Å²) in [5.41, 5.74) is 0. The number of aliphatic hydroxyl groups excluding tert-OH is 1. The van der Waals surface area contributed by atoms with Gasteiger partial charge in [0.1, 0.15) is 0 Å². The molecule has 0 spiro atoms. The van der Waals surface area contributed by atoms with Gasteiger partial charge in [-0.05, 0) is 28.2 Å². The Balaban J connectivity index is 3.65. The van der Waals surface area contributed by atoms with E-state index in [0.717, 1.165) is 32.7 Å². The number of hydrogen-bond donors (Lipinski definition) is 1. The van der Waals surface area contributed by atoms with Crippen LogP contribution in [-0.2, 0) is 0 Å². The number of rotatable bonds is 8. The lowest BCUT2D eigenvalue weighted by molar-refractivity contribution is 0.172. The van der Waals surface area contributed by atoms with Crippen molar-refractivity contribution in [3.8, 4) is 0 Å². The van der Waals surface area contributed by atoms with Crippen molar-refractivity contribution >= 4 is 0 Å². The van der Waals surface area contributed by atoms with Crippen LogP contribution in [0.2, 0.25) is 0 Å². The quantitative estimate of drug-likeness (QED) is 0.571. The van der Waals surface area contributed by atoms with Crippen LogP contribution in [0, 0.1) is 0 Å². The summed E-state index contributed by atoms with van der Waals surface area (Å²) < 4.78 is 0. The maximum absolute atomic E-state index is 8.90. The van der Waals surface area contributed by atoms with Crippen LogP contribution in [0.5, 0.6) is 0 Å². The van der Waals surface area contributed by atoms with Crippen LogP contribution in [-0.4, -0.2) is 87.3 Å². The maximum Gasteiger partial charge on any atom is 0.0558 e. The van der Waals surface area contributed by atoms with Crippen LogP contribution in [0.4, 0.5) is 0 Å². The van der Waals surface area contributed by atoms with E-state index in [1.54, 1.807) is 0 Å². The lowest BCUT2D eigenvalue weighted by atomic mass is 10.4. The van der Waals surface area contributed by atoms with Crippen LogP contribution in [0.25, 0.3) is 0 Å². The van der Waals surface area contributed by atoms with Crippen molar-refractivity contribution in [1.82, 2.24) is 14.7 Å². The fourth-order valence-electron chi connectivity index (χ4n) is 1.16. The first kappa shape index (κ1) is 13.8. The Labute approximate surface area is 88.1 Å². The summed E-state index contributed by atoms with van der Waals surface area (Å²) >= 11 is 0. The molecule has 0 aromatic rings. The summed E-state index contributed by atoms with van der Waals surface area (Å²) in [6.07, 6.45) is 0. The Morgan fingerprint density at radius 3 is 1.43 bits per heavy atom. The van der Waals surface area contributed by atoms with Crippen LogP contribution in [0.15, 0.2) is 0 Å². The van der Waals surface area contributed by atoms with Gasteiger partial charge in [0.2, 0.25) is 0 Å². The number of aliphatic hydroxyl groups is 1. The molecule has 0 atom stereocenters. The topological polar surface area (TPSA) is 30.0 Å². The molecule has 0 rings (SSSR count). The van der Waals surface area contributed by atoms with E-state index in [1.165, 1.54) is 0 Å². The van der Waals surface area contributed by atoms with E-state index in [9.17, 15) is 0 Å². The molecule has 4 nitrogen and oxygen atoms in total. The van der Waals surface area contributed by atoms with E-state index in [-0.39, 0.29) is 6.61 Å². The van der Waals surface area contributed by atoms with Crippen LogP contribution in [0.3, 0.4) is 0 Å². The van der Waals surface area contributed by atoms with Gasteiger partial charge in [-0.2, -0.15) is 0 Å². The van der Waals surface area contributed by atoms with Gasteiger partial charge >= 0.3 is 0 Å². The second-order valence-corrected chi connectivity index (χ2v) is 4.17. The van der Waals surface area contributed by atoms with Crippen molar-refractivity contribution in [1.29, 1.82) is 0 Å². The van der Waals surface area contributed by atoms with Crippen LogP contribution in [0.1, 0.15) is 0 Å². The molecule has 0 aliphatic carbocycles. The van der Waals surface area contributed by atoms with Crippen molar-refractivity contribution in [2.45, 2.75) is 0 Å². The fourth-order valence-corrected chi connectivity index (χ4v) is 1.16. The molecule has 0 aromatic carbocycles. The van der Waals surface area contributed by atoms with Crippen LogP contribution >= 0.6 is 0 Å². The first-order chi connectivity index (χ1) is 6.56. The zero-order valence-electron chi connectivity index (χ0n) is 10.0. The average molecular weight is 203 g/mol. The highest BCUT2D eigenvalue weighted by molar-refractivity contribution is 4.60. The third kappa shape index (κ3) is 8.44. The van der Waals surface area contributed by atoms with Gasteiger partial charge in [0.25, 0.3) is 0 Å². The highest BCUT2D eigenvalue weighted by Crippen LogP contribution is 1.89. The lowest BCUT2D eigenvalue weighted by Gasteiger charge is -2.24. The second-order valence-electron chi connectivity index (χ2n) is 4.17. The molecular weight excluding hydrogens is 178 g/mol. The van der Waals surface area contributed by atoms with Crippen molar-refractivity contribution in [3.05, 3.63) is 0 Å². The molecule has 0 aliphatic heterocycles. The first-order valence-electron chi connectivity index (χ1n) is 5.19. The summed E-state index contributed by atoms with van der Waals surface area (Å²) in [5.74, 6) is 0. The highest BCUT2D eigenvalue weighted by atomic mass is 16.3. The summed E-state index contributed by atoms with van der Waals surface area (Å²) in [6, 6.07) is 0. The van der Waals surface area contributed by atoms with Crippen LogP contribution < -0.4 is 0 Å². The molecule has 0 saturated carbocycles. The minimum absolute atomic E-state index is 0.251. The lowest BCUT2D eigenvalue weighted by Crippen LogP contribution is -2.38. The van der Waals surface area contributed by atoms with E-state index in [2.05, 4.69) is 42.9 Å². The second kappa shape index (κ2) is 8.17. The molecule has 4 heteroatoms. The Hall–Kier alpha value is -0.160. The Bertz CT molecular complexity index is 117. The van der Waals surface area contributed by atoms with E-state index in [0.29, 0.717) is 0 Å².